The van der Waals surface area contributed by atoms with Crippen LogP contribution in [0.15, 0.2) is 12.2 Å². The summed E-state index contributed by atoms with van der Waals surface area (Å²) in [5.41, 5.74) is 0. The summed E-state index contributed by atoms with van der Waals surface area (Å²) >= 11 is 0. The Balaban J connectivity index is 4.36. The van der Waals surface area contributed by atoms with Gasteiger partial charge in [-0.25, -0.2) is 0 Å². The van der Waals surface area contributed by atoms with Gasteiger partial charge < -0.3 is 19.1 Å². The summed E-state index contributed by atoms with van der Waals surface area (Å²) in [6.45, 7) is 4.77. The number of hydrogen-bond donors (Lipinski definition) is 3. The Morgan fingerprint density at radius 3 is 1.54 bits per heavy atom. The predicted molar refractivity (Wildman–Crippen MR) is 218 cm³/mol. The Morgan fingerprint density at radius 1 is 0.615 bits per heavy atom. The first-order valence-electron chi connectivity index (χ1n) is 21.6. The number of aliphatic hydroxyl groups excluding tert-OH is 1. The fraction of sp³-hybridized carbons (Fsp3) is 0.929. The molecule has 0 rings (SSSR count). The second kappa shape index (κ2) is 36.0. The normalized spacial score (nSPS) is 13.6. The number of esters is 1. The van der Waals surface area contributed by atoms with Crippen LogP contribution in [0.2, 0.25) is 0 Å². The van der Waals surface area contributed by atoms with Gasteiger partial charge in [0.25, 0.3) is 0 Å². The van der Waals surface area contributed by atoms with Crippen LogP contribution in [0, 0.1) is 0 Å². The number of ether oxygens (including phenoxy) is 2. The van der Waals surface area contributed by atoms with Gasteiger partial charge in [-0.15, -0.1) is 4.52 Å². The topological polar surface area (TPSA) is 115 Å². The molecule has 0 radical (unpaired) electrons. The lowest BCUT2D eigenvalue weighted by atomic mass is 10.0. The van der Waals surface area contributed by atoms with Gasteiger partial charge in [-0.2, -0.15) is 14.3 Å². The molecule has 1 unspecified atom stereocenters. The first kappa shape index (κ1) is 51.4. The third-order valence-corrected chi connectivity index (χ3v) is 10.4. The molecular formula is C42H86NO8P+2. The van der Waals surface area contributed by atoms with Gasteiger partial charge in [0.1, 0.15) is 32.5 Å². The van der Waals surface area contributed by atoms with Crippen LogP contribution in [0.5, 0.6) is 0 Å². The Hall–Kier alpha value is -0.640. The number of unbranched alkanes of at least 4 members (excludes halogenated alkanes) is 23. The summed E-state index contributed by atoms with van der Waals surface area (Å²) in [5, 5.41) is 10.6. The zero-order chi connectivity index (χ0) is 38.6. The lowest BCUT2D eigenvalue weighted by molar-refractivity contribution is -0.870. The van der Waals surface area contributed by atoms with Crippen LogP contribution in [-0.2, 0) is 23.3 Å². The first-order valence-corrected chi connectivity index (χ1v) is 23.1. The maximum atomic E-state index is 12.5. The van der Waals surface area contributed by atoms with Gasteiger partial charge in [0, 0.05) is 6.42 Å². The number of carbonyl (C=O) groups excluding carboxylic acids is 1. The molecule has 0 fully saturated rings. The summed E-state index contributed by atoms with van der Waals surface area (Å²) in [4.78, 5) is 33.1. The monoisotopic (exact) mass is 764 g/mol. The van der Waals surface area contributed by atoms with Crippen molar-refractivity contribution >= 4 is 14.1 Å². The molecule has 0 aliphatic rings. The van der Waals surface area contributed by atoms with Crippen molar-refractivity contribution in [2.45, 2.75) is 206 Å². The molecule has 52 heavy (non-hydrogen) atoms. The molecule has 310 valence electrons. The summed E-state index contributed by atoms with van der Waals surface area (Å²) in [6.07, 6.45) is 35.2. The van der Waals surface area contributed by atoms with Gasteiger partial charge in [0.05, 0.1) is 21.1 Å². The molecular weight excluding hydrogens is 677 g/mol. The lowest BCUT2D eigenvalue weighted by Gasteiger charge is -2.24. The molecule has 0 aliphatic heterocycles. The molecule has 0 amide bonds. The fourth-order valence-electron chi connectivity index (χ4n) is 6.00. The highest BCUT2D eigenvalue weighted by molar-refractivity contribution is 7.54. The molecule has 0 spiro atoms. The molecule has 10 heteroatoms. The van der Waals surface area contributed by atoms with Crippen molar-refractivity contribution in [3.8, 4) is 0 Å². The van der Waals surface area contributed by atoms with E-state index in [4.69, 9.17) is 18.5 Å². The smallest absolute Gasteiger partial charge is 0.463 e. The van der Waals surface area contributed by atoms with Gasteiger partial charge in [0.2, 0.25) is 0 Å². The Bertz CT molecular complexity index is 807. The summed E-state index contributed by atoms with van der Waals surface area (Å²) in [5.74, 6) is -0.323. The van der Waals surface area contributed by atoms with E-state index in [-0.39, 0.29) is 25.8 Å². The third-order valence-electron chi connectivity index (χ3n) is 9.43. The van der Waals surface area contributed by atoms with E-state index in [9.17, 15) is 19.7 Å². The number of likely N-dealkylation sites (N-methyl/N-ethyl adjacent to an activating group) is 1. The standard InChI is InChI=1S/C42H86NO8P/c1-6-8-10-12-14-16-18-20-21-23-25-27-29-31-33-35-42(45)51-40(39-50-52(46,47)49-37-36-43(3,4)5)38-48-41(44)34-32-30-28-26-24-22-19-17-15-13-11-9-7-2/h20-21,40,42,45-47H,6-19,22-39H2,1-5H3/q+2/b21-20-/t40-,42?/m1/s1. The molecule has 0 aromatic heterocycles. The number of rotatable bonds is 40. The fourth-order valence-corrected chi connectivity index (χ4v) is 6.76. The number of allylic oxidation sites excluding steroid dienone is 2. The van der Waals surface area contributed by atoms with Crippen molar-refractivity contribution in [2.75, 3.05) is 47.5 Å². The highest BCUT2D eigenvalue weighted by Gasteiger charge is 2.41. The lowest BCUT2D eigenvalue weighted by Crippen LogP contribution is -2.37. The molecule has 3 N–H and O–H groups in total. The molecule has 0 heterocycles. The van der Waals surface area contributed by atoms with E-state index in [0.29, 0.717) is 23.9 Å². The molecule has 0 saturated heterocycles. The summed E-state index contributed by atoms with van der Waals surface area (Å²) < 4.78 is 22.4. The van der Waals surface area contributed by atoms with E-state index in [1.165, 1.54) is 116 Å². The molecule has 0 aromatic rings. The van der Waals surface area contributed by atoms with Crippen LogP contribution in [0.4, 0.5) is 0 Å². The number of aliphatic hydroxyl groups is 1. The minimum atomic E-state index is -4.09. The van der Waals surface area contributed by atoms with Gasteiger partial charge in [-0.1, -0.05) is 154 Å². The van der Waals surface area contributed by atoms with E-state index in [0.717, 1.165) is 51.4 Å². The number of carbonyl (C=O) groups is 1. The van der Waals surface area contributed by atoms with Crippen molar-refractivity contribution in [1.29, 1.82) is 0 Å². The van der Waals surface area contributed by atoms with E-state index < -0.39 is 20.6 Å². The van der Waals surface area contributed by atoms with E-state index in [1.807, 2.05) is 21.1 Å². The number of quaternary nitrogens is 1. The maximum absolute atomic E-state index is 12.5. The highest BCUT2D eigenvalue weighted by atomic mass is 31.2. The van der Waals surface area contributed by atoms with Gasteiger partial charge >= 0.3 is 14.1 Å². The zero-order valence-electron chi connectivity index (χ0n) is 34.7. The number of hydrogen-bond acceptors (Lipinski definition) is 8. The van der Waals surface area contributed by atoms with Gasteiger partial charge in [0.15, 0.2) is 6.29 Å². The quantitative estimate of drug-likeness (QED) is 0.0141. The van der Waals surface area contributed by atoms with Crippen LogP contribution in [0.25, 0.3) is 0 Å². The zero-order valence-corrected chi connectivity index (χ0v) is 35.6. The second-order valence-electron chi connectivity index (χ2n) is 15.9. The van der Waals surface area contributed by atoms with Gasteiger partial charge in [-0.05, 0) is 44.9 Å². The molecule has 9 nitrogen and oxygen atoms in total. The van der Waals surface area contributed by atoms with Crippen molar-refractivity contribution < 1.29 is 42.7 Å². The summed E-state index contributed by atoms with van der Waals surface area (Å²) in [7, 11) is 1.85. The van der Waals surface area contributed by atoms with Crippen molar-refractivity contribution in [1.82, 2.24) is 0 Å². The molecule has 2 atom stereocenters. The predicted octanol–water partition coefficient (Wildman–Crippen LogP) is 11.2. The van der Waals surface area contributed by atoms with Crippen LogP contribution < -0.4 is 0 Å². The maximum Gasteiger partial charge on any atom is 0.570 e. The van der Waals surface area contributed by atoms with Crippen LogP contribution in [-0.4, -0.2) is 85.2 Å². The van der Waals surface area contributed by atoms with Crippen LogP contribution in [0.1, 0.15) is 194 Å². The minimum Gasteiger partial charge on any atom is -0.463 e. The molecule has 0 aromatic carbocycles. The Labute approximate surface area is 321 Å². The average Bonchev–Trinajstić information content (AvgIpc) is 3.09. The third kappa shape index (κ3) is 39.1. The Morgan fingerprint density at radius 2 is 1.06 bits per heavy atom. The average molecular weight is 764 g/mol. The largest absolute Gasteiger partial charge is 0.570 e. The molecule has 0 bridgehead atoms. The van der Waals surface area contributed by atoms with E-state index >= 15 is 0 Å². The van der Waals surface area contributed by atoms with Crippen molar-refractivity contribution in [2.24, 2.45) is 0 Å². The SMILES string of the molecule is CCCCCCCC/C=C\CCCCCCCC(O)O[C@H](COC(=O)CCCCCCCCCCCCCCC)CO[P+](O)(O)OCC[N+](C)(C)C. The van der Waals surface area contributed by atoms with Gasteiger partial charge in [-0.3, -0.25) is 4.79 Å². The molecule has 0 saturated carbocycles. The summed E-state index contributed by atoms with van der Waals surface area (Å²) in [6, 6.07) is 0. The van der Waals surface area contributed by atoms with Crippen LogP contribution in [0.3, 0.4) is 0 Å². The van der Waals surface area contributed by atoms with Crippen molar-refractivity contribution in [3.05, 3.63) is 12.2 Å². The molecule has 0 aliphatic carbocycles. The van der Waals surface area contributed by atoms with Crippen LogP contribution >= 0.6 is 8.17 Å². The highest BCUT2D eigenvalue weighted by Crippen LogP contribution is 2.52. The second-order valence-corrected chi connectivity index (χ2v) is 17.4. The Kier molecular flexibility index (Phi) is 35.6. The number of nitrogens with zero attached hydrogens (tertiary/aromatic N) is 1. The van der Waals surface area contributed by atoms with E-state index in [1.54, 1.807) is 0 Å². The van der Waals surface area contributed by atoms with E-state index in [2.05, 4.69) is 26.0 Å². The first-order chi connectivity index (χ1) is 25.0. The minimum absolute atomic E-state index is 0.113. The van der Waals surface area contributed by atoms with Crippen molar-refractivity contribution in [3.63, 3.8) is 0 Å².